The largest absolute Gasteiger partial charge is 0.352 e. The third-order valence-corrected chi connectivity index (χ3v) is 2.51. The topological polar surface area (TPSA) is 41.1 Å². The quantitative estimate of drug-likeness (QED) is 0.752. The molecule has 0 aromatic carbocycles. The zero-order valence-corrected chi connectivity index (χ0v) is 8.83. The average molecular weight is 213 g/mol. The molecule has 1 aliphatic heterocycles. The van der Waals surface area contributed by atoms with Crippen LogP contribution in [0.5, 0.6) is 0 Å². The lowest BCUT2D eigenvalue weighted by Crippen LogP contribution is -2.49. The molecule has 0 unspecified atom stereocenters. The SMILES string of the molecule is C[C@H]1CN(c2ccc(Cl)nn2)CCN1. The number of hydrogen-bond donors (Lipinski definition) is 1. The molecule has 1 aromatic rings. The Labute approximate surface area is 88.3 Å². The predicted octanol–water partition coefficient (Wildman–Crippen LogP) is 0.928. The van der Waals surface area contributed by atoms with E-state index in [9.17, 15) is 0 Å². The Bertz CT molecular complexity index is 300. The van der Waals surface area contributed by atoms with E-state index in [1.807, 2.05) is 6.07 Å². The van der Waals surface area contributed by atoms with Gasteiger partial charge in [-0.1, -0.05) is 11.6 Å². The van der Waals surface area contributed by atoms with Gasteiger partial charge in [0.25, 0.3) is 0 Å². The van der Waals surface area contributed by atoms with Crippen LogP contribution >= 0.6 is 11.6 Å². The molecule has 0 spiro atoms. The molecule has 2 rings (SSSR count). The second kappa shape index (κ2) is 4.11. The number of halogens is 1. The molecule has 1 N–H and O–H groups in total. The van der Waals surface area contributed by atoms with Crippen LogP contribution in [0, 0.1) is 0 Å². The molecule has 14 heavy (non-hydrogen) atoms. The van der Waals surface area contributed by atoms with Crippen LogP contribution in [0.1, 0.15) is 6.92 Å². The first-order valence-electron chi connectivity index (χ1n) is 4.73. The van der Waals surface area contributed by atoms with Gasteiger partial charge in [0.2, 0.25) is 0 Å². The molecule has 0 saturated carbocycles. The van der Waals surface area contributed by atoms with Crippen molar-refractivity contribution in [3.63, 3.8) is 0 Å². The van der Waals surface area contributed by atoms with Gasteiger partial charge in [-0.15, -0.1) is 10.2 Å². The summed E-state index contributed by atoms with van der Waals surface area (Å²) in [4.78, 5) is 2.21. The molecule has 1 fully saturated rings. The molecule has 0 radical (unpaired) electrons. The Morgan fingerprint density at radius 3 is 3.00 bits per heavy atom. The Morgan fingerprint density at radius 1 is 1.50 bits per heavy atom. The van der Waals surface area contributed by atoms with E-state index in [1.54, 1.807) is 6.07 Å². The Balaban J connectivity index is 2.10. The van der Waals surface area contributed by atoms with E-state index in [-0.39, 0.29) is 0 Å². The minimum atomic E-state index is 0.442. The minimum Gasteiger partial charge on any atom is -0.352 e. The van der Waals surface area contributed by atoms with E-state index >= 15 is 0 Å². The summed E-state index contributed by atoms with van der Waals surface area (Å²) in [6, 6.07) is 4.19. The van der Waals surface area contributed by atoms with Gasteiger partial charge in [0.15, 0.2) is 11.0 Å². The first-order valence-corrected chi connectivity index (χ1v) is 5.11. The summed E-state index contributed by atoms with van der Waals surface area (Å²) in [5.41, 5.74) is 0. The molecule has 1 saturated heterocycles. The number of aromatic nitrogens is 2. The normalized spacial score (nSPS) is 22.4. The summed E-state index contributed by atoms with van der Waals surface area (Å²) in [6.45, 7) is 5.10. The molecular formula is C9H13ClN4. The first kappa shape index (κ1) is 9.68. The molecule has 1 atom stereocenters. The van der Waals surface area contributed by atoms with Crippen LogP contribution in [0.15, 0.2) is 12.1 Å². The van der Waals surface area contributed by atoms with Crippen LogP contribution in [-0.2, 0) is 0 Å². The maximum absolute atomic E-state index is 5.67. The van der Waals surface area contributed by atoms with E-state index in [2.05, 4.69) is 27.3 Å². The summed E-state index contributed by atoms with van der Waals surface area (Å²) in [6.07, 6.45) is 0. The highest BCUT2D eigenvalue weighted by atomic mass is 35.5. The number of nitrogens with one attached hydrogen (secondary N) is 1. The monoisotopic (exact) mass is 212 g/mol. The van der Waals surface area contributed by atoms with E-state index in [4.69, 9.17) is 11.6 Å². The molecule has 5 heteroatoms. The Morgan fingerprint density at radius 2 is 2.36 bits per heavy atom. The highest BCUT2D eigenvalue weighted by Gasteiger charge is 2.16. The van der Waals surface area contributed by atoms with Gasteiger partial charge < -0.3 is 10.2 Å². The number of anilines is 1. The summed E-state index contributed by atoms with van der Waals surface area (Å²) in [5, 5.41) is 11.7. The number of piperazine rings is 1. The second-order valence-corrected chi connectivity index (χ2v) is 3.90. The lowest BCUT2D eigenvalue weighted by Gasteiger charge is -2.32. The molecule has 2 heterocycles. The van der Waals surface area contributed by atoms with Crippen LogP contribution in [0.25, 0.3) is 0 Å². The van der Waals surface area contributed by atoms with Crippen LogP contribution in [-0.4, -0.2) is 35.9 Å². The second-order valence-electron chi connectivity index (χ2n) is 3.52. The zero-order valence-electron chi connectivity index (χ0n) is 8.07. The van der Waals surface area contributed by atoms with Crippen LogP contribution in [0.4, 0.5) is 5.82 Å². The van der Waals surface area contributed by atoms with Crippen molar-refractivity contribution in [2.24, 2.45) is 0 Å². The average Bonchev–Trinajstić information content (AvgIpc) is 2.19. The van der Waals surface area contributed by atoms with E-state index in [0.29, 0.717) is 11.2 Å². The summed E-state index contributed by atoms with van der Waals surface area (Å²) < 4.78 is 0. The van der Waals surface area contributed by atoms with Crippen molar-refractivity contribution < 1.29 is 0 Å². The fourth-order valence-corrected chi connectivity index (χ4v) is 1.72. The summed E-state index contributed by atoms with van der Waals surface area (Å²) in [5.74, 6) is 0.905. The lowest BCUT2D eigenvalue weighted by atomic mass is 10.2. The van der Waals surface area contributed by atoms with Crippen LogP contribution in [0.3, 0.4) is 0 Å². The van der Waals surface area contributed by atoms with Gasteiger partial charge in [-0.3, -0.25) is 0 Å². The van der Waals surface area contributed by atoms with Gasteiger partial charge in [0, 0.05) is 25.7 Å². The van der Waals surface area contributed by atoms with Crippen molar-refractivity contribution >= 4 is 17.4 Å². The maximum atomic E-state index is 5.67. The van der Waals surface area contributed by atoms with Gasteiger partial charge in [-0.25, -0.2) is 0 Å². The first-order chi connectivity index (χ1) is 6.75. The lowest BCUT2D eigenvalue weighted by molar-refractivity contribution is 0.481. The molecule has 0 aliphatic carbocycles. The van der Waals surface area contributed by atoms with Crippen LogP contribution in [0.2, 0.25) is 5.15 Å². The van der Waals surface area contributed by atoms with Crippen molar-refractivity contribution in [3.8, 4) is 0 Å². The highest BCUT2D eigenvalue weighted by molar-refractivity contribution is 6.29. The number of nitrogens with zero attached hydrogens (tertiary/aromatic N) is 3. The molecule has 4 nitrogen and oxygen atoms in total. The standard InChI is InChI=1S/C9H13ClN4/c1-7-6-14(5-4-11-7)9-3-2-8(10)12-13-9/h2-3,7,11H,4-6H2,1H3/t7-/m0/s1. The minimum absolute atomic E-state index is 0.442. The molecule has 1 aliphatic rings. The number of hydrogen-bond acceptors (Lipinski definition) is 4. The van der Waals surface area contributed by atoms with Gasteiger partial charge in [-0.05, 0) is 19.1 Å². The Kier molecular flexibility index (Phi) is 2.84. The van der Waals surface area contributed by atoms with E-state index in [1.165, 1.54) is 0 Å². The van der Waals surface area contributed by atoms with Crippen molar-refractivity contribution in [1.29, 1.82) is 0 Å². The third-order valence-electron chi connectivity index (χ3n) is 2.31. The summed E-state index contributed by atoms with van der Waals surface area (Å²) in [7, 11) is 0. The molecule has 0 amide bonds. The number of rotatable bonds is 1. The third kappa shape index (κ3) is 2.13. The fourth-order valence-electron chi connectivity index (χ4n) is 1.62. The van der Waals surface area contributed by atoms with Gasteiger partial charge >= 0.3 is 0 Å². The highest BCUT2D eigenvalue weighted by Crippen LogP contribution is 2.13. The molecule has 76 valence electrons. The smallest absolute Gasteiger partial charge is 0.151 e. The van der Waals surface area contributed by atoms with Gasteiger partial charge in [0.05, 0.1) is 0 Å². The molecular weight excluding hydrogens is 200 g/mol. The van der Waals surface area contributed by atoms with Crippen LogP contribution < -0.4 is 10.2 Å². The van der Waals surface area contributed by atoms with Crippen molar-refractivity contribution in [2.45, 2.75) is 13.0 Å². The van der Waals surface area contributed by atoms with Gasteiger partial charge in [-0.2, -0.15) is 0 Å². The molecule has 1 aromatic heterocycles. The van der Waals surface area contributed by atoms with Crippen molar-refractivity contribution in [2.75, 3.05) is 24.5 Å². The fraction of sp³-hybridized carbons (Fsp3) is 0.556. The van der Waals surface area contributed by atoms with Crippen molar-refractivity contribution in [1.82, 2.24) is 15.5 Å². The van der Waals surface area contributed by atoms with E-state index in [0.717, 1.165) is 25.5 Å². The summed E-state index contributed by atoms with van der Waals surface area (Å²) >= 11 is 5.67. The van der Waals surface area contributed by atoms with Crippen molar-refractivity contribution in [3.05, 3.63) is 17.3 Å². The van der Waals surface area contributed by atoms with E-state index < -0.39 is 0 Å². The zero-order chi connectivity index (χ0) is 9.97. The molecule has 0 bridgehead atoms. The van der Waals surface area contributed by atoms with Gasteiger partial charge in [0.1, 0.15) is 0 Å². The predicted molar refractivity (Wildman–Crippen MR) is 56.7 cm³/mol. The maximum Gasteiger partial charge on any atom is 0.151 e. The Hall–Kier alpha value is -0.870.